The zero-order valence-corrected chi connectivity index (χ0v) is 18.3. The van der Waals surface area contributed by atoms with Crippen molar-refractivity contribution >= 4 is 44.0 Å². The van der Waals surface area contributed by atoms with Crippen molar-refractivity contribution in [3.63, 3.8) is 0 Å². The first-order valence-electron chi connectivity index (χ1n) is 9.46. The fraction of sp³-hybridized carbons (Fsp3) is 0.611. The predicted molar refractivity (Wildman–Crippen MR) is 112 cm³/mol. The predicted octanol–water partition coefficient (Wildman–Crippen LogP) is 1.91. The number of amides is 1. The fourth-order valence-corrected chi connectivity index (χ4v) is 6.59. The first-order valence-corrected chi connectivity index (χ1v) is 12.8. The lowest BCUT2D eigenvalue weighted by atomic mass is 10.2. The zero-order valence-electron chi connectivity index (χ0n) is 15.9. The lowest BCUT2D eigenvalue weighted by molar-refractivity contribution is -0.116. The van der Waals surface area contributed by atoms with Gasteiger partial charge in [-0.2, -0.15) is 4.31 Å². The van der Waals surface area contributed by atoms with Gasteiger partial charge in [0.1, 0.15) is 0 Å². The van der Waals surface area contributed by atoms with Gasteiger partial charge in [0.15, 0.2) is 0 Å². The summed E-state index contributed by atoms with van der Waals surface area (Å²) in [5.74, 6) is 1.04. The summed E-state index contributed by atoms with van der Waals surface area (Å²) >= 11 is 6.17. The molecule has 2 unspecified atom stereocenters. The molecule has 2 aliphatic rings. The van der Waals surface area contributed by atoms with E-state index < -0.39 is 20.8 Å². The van der Waals surface area contributed by atoms with Crippen LogP contribution in [0.25, 0.3) is 0 Å². The second-order valence-corrected chi connectivity index (χ2v) is 11.2. The van der Waals surface area contributed by atoms with Gasteiger partial charge in [-0.25, -0.2) is 8.42 Å². The van der Waals surface area contributed by atoms with Crippen LogP contribution < -0.4 is 5.32 Å². The van der Waals surface area contributed by atoms with Crippen molar-refractivity contribution in [2.45, 2.75) is 37.1 Å². The van der Waals surface area contributed by atoms with E-state index in [4.69, 9.17) is 11.6 Å². The summed E-state index contributed by atoms with van der Waals surface area (Å²) in [5, 5.41) is 3.04. The number of nitrogens with zero attached hydrogens (tertiary/aromatic N) is 2. The summed E-state index contributed by atoms with van der Waals surface area (Å²) in [7, 11) is -4.34. The van der Waals surface area contributed by atoms with Crippen LogP contribution in [0, 0.1) is 0 Å². The average molecular weight is 448 g/mol. The molecule has 2 aliphatic heterocycles. The highest BCUT2D eigenvalue weighted by Gasteiger charge is 2.28. The quantitative estimate of drug-likeness (QED) is 0.719. The Morgan fingerprint density at radius 1 is 1.29 bits per heavy atom. The molecule has 2 heterocycles. The first kappa shape index (κ1) is 21.7. The maximum Gasteiger partial charge on any atom is 0.243 e. The van der Waals surface area contributed by atoms with Crippen molar-refractivity contribution in [1.29, 1.82) is 0 Å². The van der Waals surface area contributed by atoms with Gasteiger partial charge in [-0.1, -0.05) is 11.6 Å². The molecule has 0 saturated carbocycles. The number of carbonyl (C=O) groups excluding carboxylic acids is 1. The number of benzene rings is 1. The molecule has 7 nitrogen and oxygen atoms in total. The Labute approximate surface area is 173 Å². The van der Waals surface area contributed by atoms with Crippen LogP contribution in [-0.2, 0) is 25.6 Å². The second kappa shape index (κ2) is 9.21. The minimum Gasteiger partial charge on any atom is -0.325 e. The summed E-state index contributed by atoms with van der Waals surface area (Å²) < 4.78 is 38.5. The largest absolute Gasteiger partial charge is 0.325 e. The monoisotopic (exact) mass is 447 g/mol. The van der Waals surface area contributed by atoms with Crippen molar-refractivity contribution in [3.8, 4) is 0 Å². The molecule has 0 spiro atoms. The van der Waals surface area contributed by atoms with Crippen LogP contribution in [-0.4, -0.2) is 71.5 Å². The minimum absolute atomic E-state index is 0.140. The number of anilines is 1. The molecule has 1 N–H and O–H groups in total. The Morgan fingerprint density at radius 2 is 2.00 bits per heavy atom. The Balaban J connectivity index is 1.63. The van der Waals surface area contributed by atoms with Crippen LogP contribution >= 0.6 is 11.6 Å². The van der Waals surface area contributed by atoms with E-state index in [-0.39, 0.29) is 23.3 Å². The number of sulfonamides is 1. The van der Waals surface area contributed by atoms with Crippen LogP contribution in [0.2, 0.25) is 5.02 Å². The third kappa shape index (κ3) is 5.13. The molecule has 1 amide bonds. The van der Waals surface area contributed by atoms with E-state index in [9.17, 15) is 17.4 Å². The summed E-state index contributed by atoms with van der Waals surface area (Å²) in [5.41, 5.74) is 0.305. The fourth-order valence-electron chi connectivity index (χ4n) is 3.53. The SMILES string of the molecule is CC1CS(=O)CCN1CCC(=O)Nc1cc(S(=O)(=O)N2CCCC2)ccc1Cl. The van der Waals surface area contributed by atoms with Crippen LogP contribution in [0.1, 0.15) is 26.2 Å². The molecule has 3 rings (SSSR count). The molecule has 2 saturated heterocycles. The van der Waals surface area contributed by atoms with Gasteiger partial charge < -0.3 is 5.32 Å². The molecule has 2 fully saturated rings. The van der Waals surface area contributed by atoms with Gasteiger partial charge in [0.2, 0.25) is 15.9 Å². The van der Waals surface area contributed by atoms with Crippen molar-refractivity contribution < 1.29 is 17.4 Å². The van der Waals surface area contributed by atoms with Gasteiger partial charge in [-0.3, -0.25) is 13.9 Å². The van der Waals surface area contributed by atoms with E-state index in [0.29, 0.717) is 48.4 Å². The molecule has 10 heteroatoms. The van der Waals surface area contributed by atoms with E-state index >= 15 is 0 Å². The van der Waals surface area contributed by atoms with Gasteiger partial charge in [-0.15, -0.1) is 0 Å². The third-order valence-electron chi connectivity index (χ3n) is 5.20. The zero-order chi connectivity index (χ0) is 20.3. The van der Waals surface area contributed by atoms with Gasteiger partial charge in [-0.05, 0) is 38.0 Å². The molecular weight excluding hydrogens is 422 g/mol. The number of hydrogen-bond acceptors (Lipinski definition) is 5. The number of halogens is 1. The first-order chi connectivity index (χ1) is 13.3. The minimum atomic E-state index is -3.57. The van der Waals surface area contributed by atoms with Crippen molar-refractivity contribution in [2.75, 3.05) is 43.0 Å². The lowest BCUT2D eigenvalue weighted by Gasteiger charge is -2.32. The van der Waals surface area contributed by atoms with E-state index in [1.54, 1.807) is 0 Å². The number of carbonyl (C=O) groups is 1. The van der Waals surface area contributed by atoms with Gasteiger partial charge in [0.25, 0.3) is 0 Å². The van der Waals surface area contributed by atoms with E-state index in [1.807, 2.05) is 6.92 Å². The molecule has 156 valence electrons. The summed E-state index contributed by atoms with van der Waals surface area (Å²) in [6, 6.07) is 4.59. The van der Waals surface area contributed by atoms with Crippen molar-refractivity contribution in [1.82, 2.24) is 9.21 Å². The van der Waals surface area contributed by atoms with Gasteiger partial charge in [0, 0.05) is 60.9 Å². The van der Waals surface area contributed by atoms with Gasteiger partial charge >= 0.3 is 0 Å². The highest BCUT2D eigenvalue weighted by Crippen LogP contribution is 2.28. The molecular formula is C18H26ClN3O4S2. The summed E-state index contributed by atoms with van der Waals surface area (Å²) in [6.45, 7) is 4.33. The lowest BCUT2D eigenvalue weighted by Crippen LogP contribution is -2.45. The molecule has 2 atom stereocenters. The Hall–Kier alpha value is -1.00. The van der Waals surface area contributed by atoms with E-state index in [1.165, 1.54) is 22.5 Å². The van der Waals surface area contributed by atoms with Crippen LogP contribution in [0.3, 0.4) is 0 Å². The topological polar surface area (TPSA) is 86.8 Å². The van der Waals surface area contributed by atoms with E-state index in [0.717, 1.165) is 12.8 Å². The standard InChI is InChI=1S/C18H26ClN3O4S2/c1-14-13-27(24)11-10-21(14)9-6-18(23)20-17-12-15(4-5-16(17)19)28(25,26)22-7-2-3-8-22/h4-5,12,14H,2-3,6-11,13H2,1H3,(H,20,23). The third-order valence-corrected chi connectivity index (χ3v) is 8.91. The smallest absolute Gasteiger partial charge is 0.243 e. The molecule has 0 radical (unpaired) electrons. The average Bonchev–Trinajstić information content (AvgIpc) is 3.18. The maximum atomic E-state index is 12.7. The van der Waals surface area contributed by atoms with Crippen molar-refractivity contribution in [2.24, 2.45) is 0 Å². The highest BCUT2D eigenvalue weighted by atomic mass is 35.5. The van der Waals surface area contributed by atoms with Gasteiger partial charge in [0.05, 0.1) is 15.6 Å². The molecule has 1 aromatic rings. The molecule has 1 aromatic carbocycles. The number of rotatable bonds is 6. The highest BCUT2D eigenvalue weighted by molar-refractivity contribution is 7.89. The number of nitrogens with one attached hydrogen (secondary N) is 1. The Bertz CT molecular complexity index is 856. The molecule has 0 aromatic heterocycles. The van der Waals surface area contributed by atoms with Crippen LogP contribution in [0.15, 0.2) is 23.1 Å². The maximum absolute atomic E-state index is 12.7. The second-order valence-electron chi connectivity index (χ2n) is 7.25. The Morgan fingerprint density at radius 3 is 2.68 bits per heavy atom. The number of hydrogen-bond donors (Lipinski definition) is 1. The summed E-state index contributed by atoms with van der Waals surface area (Å²) in [6.07, 6.45) is 1.98. The summed E-state index contributed by atoms with van der Waals surface area (Å²) in [4.78, 5) is 14.7. The van der Waals surface area contributed by atoms with Crippen LogP contribution in [0.4, 0.5) is 5.69 Å². The molecule has 0 bridgehead atoms. The van der Waals surface area contributed by atoms with E-state index in [2.05, 4.69) is 10.2 Å². The molecule has 0 aliphatic carbocycles. The van der Waals surface area contributed by atoms with Crippen LogP contribution in [0.5, 0.6) is 0 Å². The van der Waals surface area contributed by atoms with Crippen molar-refractivity contribution in [3.05, 3.63) is 23.2 Å². The normalized spacial score (nSPS) is 24.4. The molecule has 28 heavy (non-hydrogen) atoms. The Kier molecular flexibility index (Phi) is 7.14.